The van der Waals surface area contributed by atoms with Crippen molar-refractivity contribution in [2.45, 2.75) is 0 Å². The molecule has 15 heavy (non-hydrogen) atoms. The van der Waals surface area contributed by atoms with Gasteiger partial charge in [0.25, 0.3) is 0 Å². The summed E-state index contributed by atoms with van der Waals surface area (Å²) in [5, 5.41) is 17.7. The third-order valence-electron chi connectivity index (χ3n) is 1.76. The first-order valence-electron chi connectivity index (χ1n) is 3.90. The van der Waals surface area contributed by atoms with Gasteiger partial charge < -0.3 is 14.8 Å². The number of carbonyl (C=O) groups is 1. The Morgan fingerprint density at radius 3 is 2.53 bits per heavy atom. The van der Waals surface area contributed by atoms with E-state index in [1.165, 1.54) is 13.2 Å². The fourth-order valence-electron chi connectivity index (χ4n) is 1.07. The highest BCUT2D eigenvalue weighted by molar-refractivity contribution is 9.10. The minimum absolute atomic E-state index is 0.00808. The molecule has 0 saturated carbocycles. The molecule has 4 nitrogen and oxygen atoms in total. The molecule has 0 bridgehead atoms. The lowest BCUT2D eigenvalue weighted by Gasteiger charge is -2.07. The van der Waals surface area contributed by atoms with Crippen molar-refractivity contribution in [1.82, 2.24) is 0 Å². The molecule has 0 atom stereocenters. The Morgan fingerprint density at radius 2 is 2.13 bits per heavy atom. The third-order valence-corrected chi connectivity index (χ3v) is 2.41. The van der Waals surface area contributed by atoms with Crippen LogP contribution in [0.2, 0.25) is 0 Å². The Morgan fingerprint density at radius 1 is 1.53 bits per heavy atom. The monoisotopic (exact) mass is 276 g/mol. The Labute approximate surface area is 94.0 Å². The second-order valence-electron chi connectivity index (χ2n) is 2.72. The third kappa shape index (κ3) is 2.56. The molecule has 0 aliphatic rings. The van der Waals surface area contributed by atoms with Crippen molar-refractivity contribution in [3.05, 3.63) is 28.0 Å². The number of methoxy groups -OCH3 is 1. The molecule has 0 aromatic heterocycles. The van der Waals surface area contributed by atoms with E-state index in [-0.39, 0.29) is 15.5 Å². The average Bonchev–Trinajstić information content (AvgIpc) is 2.14. The van der Waals surface area contributed by atoms with E-state index in [2.05, 4.69) is 20.7 Å². The molecule has 0 spiro atoms. The van der Waals surface area contributed by atoms with Crippen molar-refractivity contribution in [3.63, 3.8) is 0 Å². The predicted octanol–water partition coefficient (Wildman–Crippen LogP) is 0.0546. The van der Waals surface area contributed by atoms with Gasteiger partial charge in [0.15, 0.2) is 0 Å². The maximum atomic E-state index is 13.3. The van der Waals surface area contributed by atoms with Crippen LogP contribution >= 0.6 is 15.9 Å². The topological polar surface area (TPSA) is 66.8 Å². The zero-order valence-electron chi connectivity index (χ0n) is 7.70. The SMILES string of the molecule is COC(=O)c1cc(F)c(B(O)O)c(Br)c1. The quantitative estimate of drug-likeness (QED) is 0.592. The lowest BCUT2D eigenvalue weighted by Crippen LogP contribution is -2.34. The molecule has 80 valence electrons. The summed E-state index contributed by atoms with van der Waals surface area (Å²) in [6.07, 6.45) is 0. The summed E-state index contributed by atoms with van der Waals surface area (Å²) in [6, 6.07) is 2.13. The van der Waals surface area contributed by atoms with E-state index in [4.69, 9.17) is 10.0 Å². The Balaban J connectivity index is 3.25. The van der Waals surface area contributed by atoms with Crippen molar-refractivity contribution < 1.29 is 24.0 Å². The number of benzene rings is 1. The average molecular weight is 277 g/mol. The summed E-state index contributed by atoms with van der Waals surface area (Å²) in [7, 11) is -0.769. The molecule has 0 unspecified atom stereocenters. The van der Waals surface area contributed by atoms with E-state index in [9.17, 15) is 9.18 Å². The van der Waals surface area contributed by atoms with Gasteiger partial charge in [-0.1, -0.05) is 15.9 Å². The number of ether oxygens (including phenoxy) is 1. The minimum Gasteiger partial charge on any atom is -0.465 e. The summed E-state index contributed by atoms with van der Waals surface area (Å²) in [5.74, 6) is -1.59. The molecule has 0 fully saturated rings. The molecule has 0 aliphatic heterocycles. The fourth-order valence-corrected chi connectivity index (χ4v) is 1.71. The van der Waals surface area contributed by atoms with Crippen LogP contribution in [-0.2, 0) is 4.74 Å². The van der Waals surface area contributed by atoms with E-state index >= 15 is 0 Å². The second kappa shape index (κ2) is 4.74. The molecule has 0 aliphatic carbocycles. The van der Waals surface area contributed by atoms with Crippen LogP contribution in [0.3, 0.4) is 0 Å². The second-order valence-corrected chi connectivity index (χ2v) is 3.57. The van der Waals surface area contributed by atoms with Crippen molar-refractivity contribution in [1.29, 1.82) is 0 Å². The fraction of sp³-hybridized carbons (Fsp3) is 0.125. The number of carbonyl (C=O) groups excluding carboxylic acids is 1. The summed E-state index contributed by atoms with van der Waals surface area (Å²) in [6.45, 7) is 0. The van der Waals surface area contributed by atoms with Crippen LogP contribution in [0.5, 0.6) is 0 Å². The van der Waals surface area contributed by atoms with E-state index in [0.29, 0.717) is 0 Å². The highest BCUT2D eigenvalue weighted by Gasteiger charge is 2.22. The standard InChI is InChI=1S/C8H7BBrFO4/c1-15-8(12)4-2-5(10)7(9(13)14)6(11)3-4/h2-3,13-14H,1H3. The van der Waals surface area contributed by atoms with E-state index in [0.717, 1.165) is 6.07 Å². The molecule has 2 N–H and O–H groups in total. The summed E-state index contributed by atoms with van der Waals surface area (Å²) in [5.41, 5.74) is -0.325. The van der Waals surface area contributed by atoms with Crippen LogP contribution in [0.25, 0.3) is 0 Å². The number of halogens is 2. The van der Waals surface area contributed by atoms with Crippen LogP contribution in [0, 0.1) is 5.82 Å². The van der Waals surface area contributed by atoms with Crippen LogP contribution in [0.15, 0.2) is 16.6 Å². The molecular weight excluding hydrogens is 270 g/mol. The molecule has 1 rings (SSSR count). The normalized spacial score (nSPS) is 9.93. The molecule has 0 amide bonds. The van der Waals surface area contributed by atoms with Gasteiger partial charge in [-0.25, -0.2) is 9.18 Å². The van der Waals surface area contributed by atoms with Gasteiger partial charge in [0.2, 0.25) is 0 Å². The summed E-state index contributed by atoms with van der Waals surface area (Å²) < 4.78 is 17.8. The zero-order chi connectivity index (χ0) is 11.6. The molecule has 1 aromatic rings. The van der Waals surface area contributed by atoms with Crippen LogP contribution in [0.1, 0.15) is 10.4 Å². The maximum Gasteiger partial charge on any atom is 0.492 e. The Bertz CT molecular complexity index is 373. The van der Waals surface area contributed by atoms with E-state index < -0.39 is 18.9 Å². The predicted molar refractivity (Wildman–Crippen MR) is 55.3 cm³/mol. The first-order valence-corrected chi connectivity index (χ1v) is 4.70. The minimum atomic E-state index is -1.94. The molecule has 0 radical (unpaired) electrons. The van der Waals surface area contributed by atoms with Crippen molar-refractivity contribution in [3.8, 4) is 0 Å². The Kier molecular flexibility index (Phi) is 3.84. The Hall–Kier alpha value is -0.915. The van der Waals surface area contributed by atoms with E-state index in [1.54, 1.807) is 0 Å². The first-order chi connectivity index (χ1) is 6.97. The van der Waals surface area contributed by atoms with Gasteiger partial charge in [-0.2, -0.15) is 0 Å². The molecule has 0 heterocycles. The van der Waals surface area contributed by atoms with Gasteiger partial charge in [-0.3, -0.25) is 0 Å². The van der Waals surface area contributed by atoms with Crippen molar-refractivity contribution in [2.75, 3.05) is 7.11 Å². The van der Waals surface area contributed by atoms with Gasteiger partial charge in [-0.15, -0.1) is 0 Å². The number of hydrogen-bond donors (Lipinski definition) is 2. The van der Waals surface area contributed by atoms with Crippen molar-refractivity contribution in [2.24, 2.45) is 0 Å². The van der Waals surface area contributed by atoms with Crippen LogP contribution in [-0.4, -0.2) is 30.2 Å². The van der Waals surface area contributed by atoms with Gasteiger partial charge >= 0.3 is 13.1 Å². The molecule has 7 heteroatoms. The summed E-state index contributed by atoms with van der Waals surface area (Å²) >= 11 is 2.93. The zero-order valence-corrected chi connectivity index (χ0v) is 9.28. The number of esters is 1. The van der Waals surface area contributed by atoms with E-state index in [1.807, 2.05) is 0 Å². The highest BCUT2D eigenvalue weighted by Crippen LogP contribution is 2.14. The number of rotatable bonds is 2. The largest absolute Gasteiger partial charge is 0.492 e. The molecule has 0 saturated heterocycles. The van der Waals surface area contributed by atoms with Gasteiger partial charge in [-0.05, 0) is 12.1 Å². The number of hydrogen-bond acceptors (Lipinski definition) is 4. The maximum absolute atomic E-state index is 13.3. The smallest absolute Gasteiger partial charge is 0.465 e. The van der Waals surface area contributed by atoms with Gasteiger partial charge in [0.1, 0.15) is 5.82 Å². The molecular formula is C8H7BBrFO4. The molecule has 1 aromatic carbocycles. The van der Waals surface area contributed by atoms with Crippen molar-refractivity contribution >= 4 is 34.5 Å². The lowest BCUT2D eigenvalue weighted by atomic mass is 9.79. The van der Waals surface area contributed by atoms with Crippen LogP contribution in [0.4, 0.5) is 4.39 Å². The highest BCUT2D eigenvalue weighted by atomic mass is 79.9. The van der Waals surface area contributed by atoms with Crippen LogP contribution < -0.4 is 5.46 Å². The van der Waals surface area contributed by atoms with Gasteiger partial charge in [0.05, 0.1) is 12.7 Å². The lowest BCUT2D eigenvalue weighted by molar-refractivity contribution is 0.0600. The summed E-state index contributed by atoms with van der Waals surface area (Å²) in [4.78, 5) is 11.1. The first kappa shape index (κ1) is 12.2. The van der Waals surface area contributed by atoms with Gasteiger partial charge in [0, 0.05) is 9.94 Å².